The maximum atomic E-state index is 10.6. The van der Waals surface area contributed by atoms with Gasteiger partial charge in [-0.3, -0.25) is 14.4 Å². The molecule has 0 amide bonds. The topological polar surface area (TPSA) is 71.4 Å². The second kappa shape index (κ2) is 10.3. The molecule has 0 unspecified atom stereocenters. The van der Waals surface area contributed by atoms with Gasteiger partial charge in [0.25, 0.3) is 0 Å². The Kier molecular flexibility index (Phi) is 9.56. The highest BCUT2D eigenvalue weighted by Gasteiger charge is 1.99. The minimum Gasteiger partial charge on any atom is -0.481 e. The number of hydrogen-bond donors (Lipinski definition) is 1. The van der Waals surface area contributed by atoms with Crippen LogP contribution in [0.25, 0.3) is 0 Å². The van der Waals surface area contributed by atoms with Crippen molar-refractivity contribution >= 4 is 18.0 Å². The second-order valence-corrected chi connectivity index (χ2v) is 3.95. The van der Waals surface area contributed by atoms with E-state index < -0.39 is 5.97 Å². The minimum atomic E-state index is -0.729. The molecule has 0 saturated heterocycles. The zero-order chi connectivity index (χ0) is 12.2. The number of carboxylic acid groups (broad SMARTS) is 1. The fourth-order valence-corrected chi connectivity index (χ4v) is 1.52. The van der Waals surface area contributed by atoms with E-state index in [4.69, 9.17) is 5.11 Å². The largest absolute Gasteiger partial charge is 0.481 e. The van der Waals surface area contributed by atoms with E-state index in [0.717, 1.165) is 44.9 Å². The summed E-state index contributed by atoms with van der Waals surface area (Å²) in [5.74, 6) is -1.05. The van der Waals surface area contributed by atoms with E-state index >= 15 is 0 Å². The van der Waals surface area contributed by atoms with Gasteiger partial charge >= 0.3 is 5.97 Å². The summed E-state index contributed by atoms with van der Waals surface area (Å²) in [6.07, 6.45) is 7.65. The first-order valence-corrected chi connectivity index (χ1v) is 5.86. The number of hydrogen-bond acceptors (Lipinski definition) is 3. The number of carboxylic acids is 1. The number of aldehydes is 1. The Morgan fingerprint density at radius 2 is 1.25 bits per heavy atom. The molecule has 4 heteroatoms. The molecule has 0 saturated carbocycles. The van der Waals surface area contributed by atoms with Crippen LogP contribution in [0.5, 0.6) is 0 Å². The molecule has 0 atom stereocenters. The van der Waals surface area contributed by atoms with Crippen molar-refractivity contribution in [3.05, 3.63) is 0 Å². The lowest BCUT2D eigenvalue weighted by Crippen LogP contribution is -1.97. The molecule has 0 bridgehead atoms. The number of aliphatic carboxylic acids is 1. The molecular weight excluding hydrogens is 208 g/mol. The molecule has 0 aromatic heterocycles. The summed E-state index contributed by atoms with van der Waals surface area (Å²) in [6, 6.07) is 0. The molecule has 0 aliphatic heterocycles. The van der Waals surface area contributed by atoms with E-state index in [1.807, 2.05) is 0 Å². The monoisotopic (exact) mass is 228 g/mol. The van der Waals surface area contributed by atoms with Crippen molar-refractivity contribution in [3.8, 4) is 0 Å². The lowest BCUT2D eigenvalue weighted by atomic mass is 10.1. The van der Waals surface area contributed by atoms with E-state index in [0.29, 0.717) is 12.7 Å². The van der Waals surface area contributed by atoms with Gasteiger partial charge in [0, 0.05) is 12.8 Å². The standard InChI is InChI=1S/C12H20O4/c13-10-11(14)8-6-4-2-1-3-5-7-9-12(15)16/h10H,1-9H2,(H,15,16). The van der Waals surface area contributed by atoms with Crippen LogP contribution in [0.4, 0.5) is 0 Å². The van der Waals surface area contributed by atoms with E-state index in [-0.39, 0.29) is 12.2 Å². The molecule has 4 nitrogen and oxygen atoms in total. The van der Waals surface area contributed by atoms with Crippen molar-refractivity contribution in [2.45, 2.75) is 57.8 Å². The smallest absolute Gasteiger partial charge is 0.303 e. The van der Waals surface area contributed by atoms with Gasteiger partial charge in [0.15, 0.2) is 12.1 Å². The zero-order valence-electron chi connectivity index (χ0n) is 9.61. The fraction of sp³-hybridized carbons (Fsp3) is 0.750. The maximum Gasteiger partial charge on any atom is 0.303 e. The Hall–Kier alpha value is -1.19. The van der Waals surface area contributed by atoms with E-state index in [2.05, 4.69) is 0 Å². The van der Waals surface area contributed by atoms with Gasteiger partial charge in [-0.1, -0.05) is 32.1 Å². The van der Waals surface area contributed by atoms with Gasteiger partial charge < -0.3 is 5.11 Å². The molecule has 0 aromatic rings. The van der Waals surface area contributed by atoms with Gasteiger partial charge in [-0.15, -0.1) is 0 Å². The third-order valence-electron chi connectivity index (χ3n) is 2.45. The molecule has 16 heavy (non-hydrogen) atoms. The van der Waals surface area contributed by atoms with Crippen LogP contribution in [0, 0.1) is 0 Å². The van der Waals surface area contributed by atoms with Crippen molar-refractivity contribution in [2.24, 2.45) is 0 Å². The highest BCUT2D eigenvalue weighted by Crippen LogP contribution is 2.09. The summed E-state index contributed by atoms with van der Waals surface area (Å²) in [5, 5.41) is 8.40. The molecule has 0 rings (SSSR count). The number of carbonyl (C=O) groups is 3. The molecule has 0 aliphatic carbocycles. The number of carbonyl (C=O) groups excluding carboxylic acids is 2. The van der Waals surface area contributed by atoms with Gasteiger partial charge in [-0.25, -0.2) is 0 Å². The highest BCUT2D eigenvalue weighted by atomic mass is 16.4. The zero-order valence-corrected chi connectivity index (χ0v) is 9.61. The number of rotatable bonds is 11. The first-order chi connectivity index (χ1) is 7.66. The van der Waals surface area contributed by atoms with Crippen molar-refractivity contribution in [1.29, 1.82) is 0 Å². The molecule has 0 fully saturated rings. The predicted molar refractivity (Wildman–Crippen MR) is 60.3 cm³/mol. The molecule has 1 N–H and O–H groups in total. The van der Waals surface area contributed by atoms with Gasteiger partial charge in [-0.05, 0) is 12.8 Å². The van der Waals surface area contributed by atoms with Crippen molar-refractivity contribution in [3.63, 3.8) is 0 Å². The Morgan fingerprint density at radius 1 is 0.812 bits per heavy atom. The Balaban J connectivity index is 3.07. The van der Waals surface area contributed by atoms with Crippen molar-refractivity contribution < 1.29 is 19.5 Å². The fourth-order valence-electron chi connectivity index (χ4n) is 1.52. The summed E-state index contributed by atoms with van der Waals surface area (Å²) in [6.45, 7) is 0. The molecule has 0 heterocycles. The Bertz CT molecular complexity index is 223. The lowest BCUT2D eigenvalue weighted by molar-refractivity contribution is -0.137. The van der Waals surface area contributed by atoms with Crippen LogP contribution >= 0.6 is 0 Å². The van der Waals surface area contributed by atoms with Crippen LogP contribution < -0.4 is 0 Å². The third kappa shape index (κ3) is 10.9. The summed E-state index contributed by atoms with van der Waals surface area (Å²) in [5.41, 5.74) is 0. The minimum absolute atomic E-state index is 0.258. The van der Waals surface area contributed by atoms with Crippen LogP contribution in [-0.4, -0.2) is 23.1 Å². The van der Waals surface area contributed by atoms with Crippen LogP contribution in [0.2, 0.25) is 0 Å². The Morgan fingerprint density at radius 3 is 1.69 bits per heavy atom. The second-order valence-electron chi connectivity index (χ2n) is 3.95. The summed E-state index contributed by atoms with van der Waals surface area (Å²) in [7, 11) is 0. The van der Waals surface area contributed by atoms with Gasteiger partial charge in [0.2, 0.25) is 0 Å². The molecule has 92 valence electrons. The highest BCUT2D eigenvalue weighted by molar-refractivity contribution is 6.24. The van der Waals surface area contributed by atoms with Crippen LogP contribution in [0.15, 0.2) is 0 Å². The number of unbranched alkanes of at least 4 members (excludes halogenated alkanes) is 6. The molecular formula is C12H20O4. The Labute approximate surface area is 96.0 Å². The van der Waals surface area contributed by atoms with E-state index in [1.165, 1.54) is 0 Å². The van der Waals surface area contributed by atoms with Crippen LogP contribution in [0.3, 0.4) is 0 Å². The normalized spacial score (nSPS) is 10.0. The average molecular weight is 228 g/mol. The molecule has 0 aliphatic rings. The van der Waals surface area contributed by atoms with Crippen molar-refractivity contribution in [1.82, 2.24) is 0 Å². The quantitative estimate of drug-likeness (QED) is 0.335. The van der Waals surface area contributed by atoms with E-state index in [1.54, 1.807) is 0 Å². The first kappa shape index (κ1) is 14.8. The molecule has 0 spiro atoms. The summed E-state index contributed by atoms with van der Waals surface area (Å²) >= 11 is 0. The average Bonchev–Trinajstić information content (AvgIpc) is 2.26. The third-order valence-corrected chi connectivity index (χ3v) is 2.45. The van der Waals surface area contributed by atoms with Gasteiger partial charge in [-0.2, -0.15) is 0 Å². The number of ketones is 1. The predicted octanol–water partition coefficient (Wildman–Crippen LogP) is 2.35. The van der Waals surface area contributed by atoms with Gasteiger partial charge in [0.05, 0.1) is 0 Å². The number of Topliss-reactive ketones (excluding diaryl/α,β-unsaturated/α-hetero) is 1. The lowest BCUT2D eigenvalue weighted by Gasteiger charge is -2.00. The molecule has 0 radical (unpaired) electrons. The SMILES string of the molecule is O=CC(=O)CCCCCCCCCC(=O)O. The van der Waals surface area contributed by atoms with E-state index in [9.17, 15) is 14.4 Å². The maximum absolute atomic E-state index is 10.6. The summed E-state index contributed by atoms with van der Waals surface area (Å²) < 4.78 is 0. The molecule has 0 aromatic carbocycles. The van der Waals surface area contributed by atoms with Gasteiger partial charge in [0.1, 0.15) is 0 Å². The van der Waals surface area contributed by atoms with Crippen molar-refractivity contribution in [2.75, 3.05) is 0 Å². The first-order valence-electron chi connectivity index (χ1n) is 5.86. The van der Waals surface area contributed by atoms with Crippen LogP contribution in [0.1, 0.15) is 57.8 Å². The van der Waals surface area contributed by atoms with Crippen LogP contribution in [-0.2, 0) is 14.4 Å². The summed E-state index contributed by atoms with van der Waals surface area (Å²) in [4.78, 5) is 30.8.